The first kappa shape index (κ1) is 13.5. The van der Waals surface area contributed by atoms with Crippen LogP contribution in [0.3, 0.4) is 0 Å². The summed E-state index contributed by atoms with van der Waals surface area (Å²) in [5, 5.41) is 4.68. The van der Waals surface area contributed by atoms with Crippen molar-refractivity contribution in [3.63, 3.8) is 0 Å². The monoisotopic (exact) mass is 262 g/mol. The van der Waals surface area contributed by atoms with E-state index in [1.807, 2.05) is 6.07 Å². The summed E-state index contributed by atoms with van der Waals surface area (Å²) in [6.07, 6.45) is 8.81. The van der Waals surface area contributed by atoms with Gasteiger partial charge in [0.1, 0.15) is 0 Å². The molecule has 1 aliphatic carbocycles. The Labute approximate surface area is 114 Å². The Balaban J connectivity index is 1.87. The van der Waals surface area contributed by atoms with Crippen LogP contribution < -0.4 is 5.32 Å². The molecule has 0 aromatic heterocycles. The van der Waals surface area contributed by atoms with Crippen LogP contribution in [0.5, 0.6) is 0 Å². The number of amidine groups is 1. The highest BCUT2D eigenvalue weighted by Crippen LogP contribution is 2.18. The molecule has 0 bridgehead atoms. The topological polar surface area (TPSA) is 24.4 Å². The standard InChI is InChI=1S/C15H22N2S/c1-18-15(17-14-10-6-3-7-11-14)16-12-13-8-4-2-5-9-13/h2,4-5,8-9,14H,3,6-7,10-12H2,1H3,(H,16,17). The Bertz CT molecular complexity index is 369. The normalized spacial score (nSPS) is 17.7. The Kier molecular flexibility index (Phi) is 5.59. The predicted molar refractivity (Wildman–Crippen MR) is 81.1 cm³/mol. The fourth-order valence-corrected chi connectivity index (χ4v) is 2.82. The Morgan fingerprint density at radius 2 is 1.94 bits per heavy atom. The van der Waals surface area contributed by atoms with Crippen LogP contribution in [0.2, 0.25) is 0 Å². The highest BCUT2D eigenvalue weighted by Gasteiger charge is 2.13. The Morgan fingerprint density at radius 3 is 2.61 bits per heavy atom. The lowest BCUT2D eigenvalue weighted by atomic mass is 9.96. The van der Waals surface area contributed by atoms with Gasteiger partial charge in [-0.2, -0.15) is 0 Å². The fourth-order valence-electron chi connectivity index (χ4n) is 2.34. The van der Waals surface area contributed by atoms with Crippen molar-refractivity contribution in [1.82, 2.24) is 5.32 Å². The van der Waals surface area contributed by atoms with Gasteiger partial charge in [0.2, 0.25) is 0 Å². The van der Waals surface area contributed by atoms with Gasteiger partial charge in [-0.1, -0.05) is 61.4 Å². The van der Waals surface area contributed by atoms with Crippen LogP contribution in [-0.4, -0.2) is 17.5 Å². The van der Waals surface area contributed by atoms with E-state index in [0.29, 0.717) is 6.04 Å². The van der Waals surface area contributed by atoms with Crippen molar-refractivity contribution in [3.8, 4) is 0 Å². The van der Waals surface area contributed by atoms with E-state index in [1.54, 1.807) is 11.8 Å². The van der Waals surface area contributed by atoms with Crippen molar-refractivity contribution in [3.05, 3.63) is 35.9 Å². The highest BCUT2D eigenvalue weighted by atomic mass is 32.2. The van der Waals surface area contributed by atoms with Crippen LogP contribution in [0.25, 0.3) is 0 Å². The molecule has 0 saturated heterocycles. The number of benzene rings is 1. The van der Waals surface area contributed by atoms with Crippen LogP contribution in [-0.2, 0) is 6.54 Å². The zero-order valence-corrected chi connectivity index (χ0v) is 11.9. The van der Waals surface area contributed by atoms with Gasteiger partial charge in [0.25, 0.3) is 0 Å². The van der Waals surface area contributed by atoms with E-state index in [9.17, 15) is 0 Å². The zero-order valence-electron chi connectivity index (χ0n) is 11.1. The molecule has 1 N–H and O–H groups in total. The van der Waals surface area contributed by atoms with Gasteiger partial charge in [-0.05, 0) is 24.7 Å². The van der Waals surface area contributed by atoms with Crippen LogP contribution in [0.1, 0.15) is 37.7 Å². The highest BCUT2D eigenvalue weighted by molar-refractivity contribution is 8.13. The van der Waals surface area contributed by atoms with Gasteiger partial charge in [0.05, 0.1) is 6.54 Å². The SMILES string of the molecule is CSC(=NCc1ccccc1)NC1CCCCC1. The maximum Gasteiger partial charge on any atom is 0.156 e. The Morgan fingerprint density at radius 1 is 1.22 bits per heavy atom. The van der Waals surface area contributed by atoms with Gasteiger partial charge >= 0.3 is 0 Å². The molecule has 0 radical (unpaired) electrons. The lowest BCUT2D eigenvalue weighted by molar-refractivity contribution is 0.415. The Hall–Kier alpha value is -0.960. The molecule has 1 aromatic rings. The molecule has 1 fully saturated rings. The summed E-state index contributed by atoms with van der Waals surface area (Å²) < 4.78 is 0. The van der Waals surface area contributed by atoms with Gasteiger partial charge in [-0.3, -0.25) is 4.99 Å². The number of hydrogen-bond acceptors (Lipinski definition) is 2. The molecule has 2 nitrogen and oxygen atoms in total. The van der Waals surface area contributed by atoms with E-state index in [0.717, 1.165) is 11.7 Å². The molecule has 1 aromatic carbocycles. The van der Waals surface area contributed by atoms with Gasteiger partial charge in [-0.15, -0.1) is 0 Å². The molecule has 0 heterocycles. The lowest BCUT2D eigenvalue weighted by Crippen LogP contribution is -2.34. The number of aliphatic imine (C=N–C) groups is 1. The first-order valence-electron chi connectivity index (χ1n) is 6.77. The molecular weight excluding hydrogens is 240 g/mol. The quantitative estimate of drug-likeness (QED) is 0.661. The van der Waals surface area contributed by atoms with E-state index in [4.69, 9.17) is 0 Å². The molecule has 1 saturated carbocycles. The largest absolute Gasteiger partial charge is 0.362 e. The van der Waals surface area contributed by atoms with Crippen molar-refractivity contribution in [2.45, 2.75) is 44.7 Å². The van der Waals surface area contributed by atoms with Crippen molar-refractivity contribution in [2.75, 3.05) is 6.26 Å². The van der Waals surface area contributed by atoms with Crippen LogP contribution >= 0.6 is 11.8 Å². The average Bonchev–Trinajstić information content (AvgIpc) is 2.45. The van der Waals surface area contributed by atoms with Crippen LogP contribution in [0.15, 0.2) is 35.3 Å². The molecule has 0 amide bonds. The van der Waals surface area contributed by atoms with Crippen molar-refractivity contribution < 1.29 is 0 Å². The summed E-state index contributed by atoms with van der Waals surface area (Å²) in [5.74, 6) is 0. The number of nitrogens with one attached hydrogen (secondary N) is 1. The third-order valence-electron chi connectivity index (χ3n) is 3.37. The summed E-state index contributed by atoms with van der Waals surface area (Å²) in [6, 6.07) is 11.1. The molecule has 98 valence electrons. The smallest absolute Gasteiger partial charge is 0.156 e. The average molecular weight is 262 g/mol. The maximum atomic E-state index is 4.68. The number of nitrogens with zero attached hydrogens (tertiary/aromatic N) is 1. The van der Waals surface area contributed by atoms with Gasteiger partial charge in [0.15, 0.2) is 5.17 Å². The molecule has 2 rings (SSSR count). The van der Waals surface area contributed by atoms with E-state index < -0.39 is 0 Å². The third-order valence-corrected chi connectivity index (χ3v) is 4.01. The van der Waals surface area contributed by atoms with Gasteiger partial charge < -0.3 is 5.32 Å². The second-order valence-corrected chi connectivity index (χ2v) is 5.59. The third kappa shape index (κ3) is 4.37. The van der Waals surface area contributed by atoms with Crippen molar-refractivity contribution in [2.24, 2.45) is 4.99 Å². The van der Waals surface area contributed by atoms with E-state index >= 15 is 0 Å². The minimum Gasteiger partial charge on any atom is -0.362 e. The first-order chi connectivity index (χ1) is 8.88. The molecule has 3 heteroatoms. The second-order valence-electron chi connectivity index (χ2n) is 4.79. The minimum absolute atomic E-state index is 0.640. The molecular formula is C15H22N2S. The molecule has 18 heavy (non-hydrogen) atoms. The van der Waals surface area contributed by atoms with E-state index in [2.05, 4.69) is 40.8 Å². The maximum absolute atomic E-state index is 4.68. The number of thioether (sulfide) groups is 1. The molecule has 0 spiro atoms. The second kappa shape index (κ2) is 7.47. The molecule has 0 atom stereocenters. The van der Waals surface area contributed by atoms with Gasteiger partial charge in [-0.25, -0.2) is 0 Å². The summed E-state index contributed by atoms with van der Waals surface area (Å²) >= 11 is 1.72. The first-order valence-corrected chi connectivity index (χ1v) is 8.00. The van der Waals surface area contributed by atoms with Crippen LogP contribution in [0.4, 0.5) is 0 Å². The summed E-state index contributed by atoms with van der Waals surface area (Å²) in [6.45, 7) is 0.775. The minimum atomic E-state index is 0.640. The molecule has 0 unspecified atom stereocenters. The van der Waals surface area contributed by atoms with E-state index in [-0.39, 0.29) is 0 Å². The number of rotatable bonds is 3. The molecule has 1 aliphatic rings. The fraction of sp³-hybridized carbons (Fsp3) is 0.533. The van der Waals surface area contributed by atoms with Crippen molar-refractivity contribution >= 4 is 16.9 Å². The van der Waals surface area contributed by atoms with Gasteiger partial charge in [0, 0.05) is 6.04 Å². The number of hydrogen-bond donors (Lipinski definition) is 1. The summed E-state index contributed by atoms with van der Waals surface area (Å²) in [7, 11) is 0. The van der Waals surface area contributed by atoms with E-state index in [1.165, 1.54) is 37.7 Å². The van der Waals surface area contributed by atoms with Crippen molar-refractivity contribution in [1.29, 1.82) is 0 Å². The summed E-state index contributed by atoms with van der Waals surface area (Å²) in [5.41, 5.74) is 1.27. The summed E-state index contributed by atoms with van der Waals surface area (Å²) in [4.78, 5) is 4.68. The zero-order chi connectivity index (χ0) is 12.6. The lowest BCUT2D eigenvalue weighted by Gasteiger charge is -2.23. The predicted octanol–water partition coefficient (Wildman–Crippen LogP) is 3.83. The molecule has 0 aliphatic heterocycles. The van der Waals surface area contributed by atoms with Crippen LogP contribution in [0, 0.1) is 0 Å².